The Morgan fingerprint density at radius 1 is 1.00 bits per heavy atom. The third-order valence-electron chi connectivity index (χ3n) is 2.06. The zero-order valence-electron chi connectivity index (χ0n) is 7.64. The summed E-state index contributed by atoms with van der Waals surface area (Å²) in [5.74, 6) is 0. The molecule has 1 aromatic rings. The fourth-order valence-electron chi connectivity index (χ4n) is 1.33. The summed E-state index contributed by atoms with van der Waals surface area (Å²) in [6, 6.07) is 9.66. The lowest BCUT2D eigenvalue weighted by atomic mass is 10.1. The van der Waals surface area contributed by atoms with Crippen molar-refractivity contribution < 1.29 is 0 Å². The van der Waals surface area contributed by atoms with Crippen LogP contribution in [0.1, 0.15) is 11.1 Å². The first-order valence-electron chi connectivity index (χ1n) is 4.45. The van der Waals surface area contributed by atoms with E-state index < -0.39 is 0 Å². The van der Waals surface area contributed by atoms with Crippen molar-refractivity contribution in [3.63, 3.8) is 0 Å². The van der Waals surface area contributed by atoms with Crippen LogP contribution >= 0.6 is 0 Å². The van der Waals surface area contributed by atoms with E-state index in [0.29, 0.717) is 5.56 Å². The van der Waals surface area contributed by atoms with Gasteiger partial charge in [-0.05, 0) is 29.3 Å². The first kappa shape index (κ1) is 8.52. The minimum absolute atomic E-state index is 0.699. The summed E-state index contributed by atoms with van der Waals surface area (Å²) in [5.41, 5.74) is 3.01. The van der Waals surface area contributed by atoms with Crippen molar-refractivity contribution in [3.05, 3.63) is 65.3 Å². The van der Waals surface area contributed by atoms with Gasteiger partial charge in [0.05, 0.1) is 11.6 Å². The van der Waals surface area contributed by atoms with Gasteiger partial charge in [0.25, 0.3) is 0 Å². The van der Waals surface area contributed by atoms with Gasteiger partial charge in [-0.25, -0.2) is 0 Å². The maximum atomic E-state index is 8.62. The molecule has 0 N–H and O–H groups in total. The van der Waals surface area contributed by atoms with Crippen LogP contribution in [0.15, 0.2) is 54.1 Å². The number of hydrogen-bond donors (Lipinski definition) is 0. The van der Waals surface area contributed by atoms with E-state index in [1.54, 1.807) is 0 Å². The maximum absolute atomic E-state index is 8.62. The fraction of sp³-hybridized carbons (Fsp3) is 0. The van der Waals surface area contributed by atoms with Crippen molar-refractivity contribution in [1.82, 2.24) is 0 Å². The number of allylic oxidation sites excluding steroid dienone is 5. The van der Waals surface area contributed by atoms with E-state index in [1.165, 1.54) is 5.57 Å². The predicted octanol–water partition coefficient (Wildman–Crippen LogP) is 3.07. The normalized spacial score (nSPS) is 12.9. The molecule has 0 saturated heterocycles. The van der Waals surface area contributed by atoms with E-state index in [0.717, 1.165) is 5.56 Å². The van der Waals surface area contributed by atoms with Crippen LogP contribution in [0, 0.1) is 11.3 Å². The Labute approximate surface area is 83.3 Å². The molecule has 1 aliphatic rings. The third-order valence-corrected chi connectivity index (χ3v) is 2.06. The second kappa shape index (κ2) is 3.76. The van der Waals surface area contributed by atoms with Crippen LogP contribution in [-0.2, 0) is 0 Å². The highest BCUT2D eigenvalue weighted by atomic mass is 14.2. The molecular weight excluding hydrogens is 170 g/mol. The molecule has 0 fully saturated rings. The lowest BCUT2D eigenvalue weighted by molar-refractivity contribution is 1.48. The van der Waals surface area contributed by atoms with Gasteiger partial charge in [-0.1, -0.05) is 36.4 Å². The van der Waals surface area contributed by atoms with Crippen molar-refractivity contribution in [1.29, 1.82) is 5.26 Å². The van der Waals surface area contributed by atoms with E-state index >= 15 is 0 Å². The van der Waals surface area contributed by atoms with E-state index in [4.69, 9.17) is 5.26 Å². The Morgan fingerprint density at radius 2 is 1.64 bits per heavy atom. The quantitative estimate of drug-likeness (QED) is 0.650. The molecule has 0 amide bonds. The molecule has 0 unspecified atom stereocenters. The Balaban J connectivity index is 2.27. The molecule has 1 aliphatic carbocycles. The Bertz CT molecular complexity index is 439. The number of nitriles is 1. The van der Waals surface area contributed by atoms with Gasteiger partial charge in [-0.15, -0.1) is 0 Å². The van der Waals surface area contributed by atoms with Crippen molar-refractivity contribution >= 4 is 6.08 Å². The minimum Gasteiger partial charge on any atom is -0.192 e. The summed E-state index contributed by atoms with van der Waals surface area (Å²) in [4.78, 5) is 0. The number of benzene rings is 1. The van der Waals surface area contributed by atoms with Gasteiger partial charge in [0.1, 0.15) is 0 Å². The van der Waals surface area contributed by atoms with E-state index in [9.17, 15) is 0 Å². The molecule has 0 radical (unpaired) electrons. The van der Waals surface area contributed by atoms with Crippen LogP contribution in [0.3, 0.4) is 0 Å². The van der Waals surface area contributed by atoms with Crippen LogP contribution < -0.4 is 0 Å². The topological polar surface area (TPSA) is 23.8 Å². The Hall–Kier alpha value is -2.07. The highest BCUT2D eigenvalue weighted by Crippen LogP contribution is 2.13. The van der Waals surface area contributed by atoms with Gasteiger partial charge in [0.15, 0.2) is 0 Å². The summed E-state index contributed by atoms with van der Waals surface area (Å²) < 4.78 is 0. The van der Waals surface area contributed by atoms with Crippen molar-refractivity contribution in [2.45, 2.75) is 0 Å². The summed E-state index contributed by atoms with van der Waals surface area (Å²) >= 11 is 0. The molecule has 2 rings (SSSR count). The van der Waals surface area contributed by atoms with Gasteiger partial charge < -0.3 is 0 Å². The zero-order chi connectivity index (χ0) is 9.80. The van der Waals surface area contributed by atoms with Crippen molar-refractivity contribution in [2.24, 2.45) is 0 Å². The fourth-order valence-corrected chi connectivity index (χ4v) is 1.33. The van der Waals surface area contributed by atoms with Gasteiger partial charge in [0, 0.05) is 0 Å². The summed E-state index contributed by atoms with van der Waals surface area (Å²) in [6.07, 6.45) is 10.2. The SMILES string of the molecule is N#Cc1ccc(C=C2C=CC=C2)cc1. The van der Waals surface area contributed by atoms with Gasteiger partial charge in [-0.2, -0.15) is 5.26 Å². The molecule has 0 atom stereocenters. The molecule has 1 aromatic carbocycles. The smallest absolute Gasteiger partial charge is 0.0991 e. The maximum Gasteiger partial charge on any atom is 0.0991 e. The highest BCUT2D eigenvalue weighted by Gasteiger charge is 1.93. The molecule has 0 aliphatic heterocycles. The second-order valence-electron chi connectivity index (χ2n) is 3.10. The molecule has 0 spiro atoms. The van der Waals surface area contributed by atoms with E-state index in [1.807, 2.05) is 36.4 Å². The number of rotatable bonds is 1. The summed E-state index contributed by atoms with van der Waals surface area (Å²) in [6.45, 7) is 0. The molecule has 1 nitrogen and oxygen atoms in total. The monoisotopic (exact) mass is 179 g/mol. The van der Waals surface area contributed by atoms with Crippen LogP contribution in [-0.4, -0.2) is 0 Å². The molecule has 66 valence electrons. The third kappa shape index (κ3) is 1.81. The molecule has 0 bridgehead atoms. The van der Waals surface area contributed by atoms with Crippen molar-refractivity contribution in [2.75, 3.05) is 0 Å². The Morgan fingerprint density at radius 3 is 2.21 bits per heavy atom. The van der Waals surface area contributed by atoms with E-state index in [2.05, 4.69) is 24.3 Å². The largest absolute Gasteiger partial charge is 0.192 e. The predicted molar refractivity (Wildman–Crippen MR) is 57.4 cm³/mol. The van der Waals surface area contributed by atoms with Crippen molar-refractivity contribution in [3.8, 4) is 6.07 Å². The molecule has 0 heterocycles. The summed E-state index contributed by atoms with van der Waals surface area (Å²) in [7, 11) is 0. The number of hydrogen-bond acceptors (Lipinski definition) is 1. The lowest BCUT2D eigenvalue weighted by Crippen LogP contribution is -1.76. The molecule has 1 heteroatoms. The average molecular weight is 179 g/mol. The van der Waals surface area contributed by atoms with E-state index in [-0.39, 0.29) is 0 Å². The molecule has 14 heavy (non-hydrogen) atoms. The zero-order valence-corrected chi connectivity index (χ0v) is 7.64. The minimum atomic E-state index is 0.699. The van der Waals surface area contributed by atoms with Crippen LogP contribution in [0.25, 0.3) is 6.08 Å². The highest BCUT2D eigenvalue weighted by molar-refractivity contribution is 5.62. The Kier molecular flexibility index (Phi) is 2.29. The van der Waals surface area contributed by atoms with Gasteiger partial charge >= 0.3 is 0 Å². The van der Waals surface area contributed by atoms with Crippen LogP contribution in [0.5, 0.6) is 0 Å². The van der Waals surface area contributed by atoms with Crippen LogP contribution in [0.4, 0.5) is 0 Å². The summed E-state index contributed by atoms with van der Waals surface area (Å²) in [5, 5.41) is 8.62. The molecular formula is C13H9N. The first-order valence-corrected chi connectivity index (χ1v) is 4.45. The molecule has 0 aromatic heterocycles. The lowest BCUT2D eigenvalue weighted by Gasteiger charge is -1.94. The first-order chi connectivity index (χ1) is 6.88. The van der Waals surface area contributed by atoms with Gasteiger partial charge in [-0.3, -0.25) is 0 Å². The number of nitrogens with zero attached hydrogens (tertiary/aromatic N) is 1. The molecule has 0 saturated carbocycles. The second-order valence-corrected chi connectivity index (χ2v) is 3.10. The standard InChI is InChI=1S/C13H9N/c14-10-13-7-5-12(6-8-13)9-11-3-1-2-4-11/h1-9H. The van der Waals surface area contributed by atoms with Crippen LogP contribution in [0.2, 0.25) is 0 Å². The average Bonchev–Trinajstić information content (AvgIpc) is 2.72. The van der Waals surface area contributed by atoms with Gasteiger partial charge in [0.2, 0.25) is 0 Å².